The number of aryl methyl sites for hydroxylation is 1. The van der Waals surface area contributed by atoms with Gasteiger partial charge in [-0.15, -0.1) is 0 Å². The predicted molar refractivity (Wildman–Crippen MR) is 109 cm³/mol. The van der Waals surface area contributed by atoms with Crippen LogP contribution in [-0.2, 0) is 17.8 Å². The summed E-state index contributed by atoms with van der Waals surface area (Å²) in [6.45, 7) is 2.67. The number of hydrogen-bond donors (Lipinski definition) is 1. The van der Waals surface area contributed by atoms with Crippen LogP contribution in [0.1, 0.15) is 61.6 Å². The van der Waals surface area contributed by atoms with Gasteiger partial charge in [-0.25, -0.2) is 0 Å². The van der Waals surface area contributed by atoms with Crippen molar-refractivity contribution in [1.82, 2.24) is 0 Å². The summed E-state index contributed by atoms with van der Waals surface area (Å²) in [6.07, 6.45) is 6.01. The Balaban J connectivity index is 1.43. The summed E-state index contributed by atoms with van der Waals surface area (Å²) in [6, 6.07) is 14.1. The minimum absolute atomic E-state index is 0.0950. The van der Waals surface area contributed by atoms with Gasteiger partial charge in [0.1, 0.15) is 12.4 Å². The van der Waals surface area contributed by atoms with Crippen molar-refractivity contribution in [1.29, 1.82) is 0 Å². The molecular formula is C25H28O3. The Bertz CT molecular complexity index is 904. The Morgan fingerprint density at radius 2 is 1.93 bits per heavy atom. The number of hydrogen-bond acceptors (Lipinski definition) is 3. The summed E-state index contributed by atoms with van der Waals surface area (Å²) < 4.78 is 5.99. The molecule has 146 valence electrons. The molecule has 0 amide bonds. The number of aromatic hydroxyl groups is 1. The van der Waals surface area contributed by atoms with Crippen LogP contribution >= 0.6 is 0 Å². The van der Waals surface area contributed by atoms with E-state index >= 15 is 0 Å². The molecule has 3 heteroatoms. The van der Waals surface area contributed by atoms with Crippen LogP contribution in [-0.4, -0.2) is 10.9 Å². The molecule has 5 rings (SSSR count). The van der Waals surface area contributed by atoms with Crippen molar-refractivity contribution < 1.29 is 14.6 Å². The Labute approximate surface area is 166 Å². The third-order valence-corrected chi connectivity index (χ3v) is 7.75. The summed E-state index contributed by atoms with van der Waals surface area (Å²) >= 11 is 0. The molecule has 0 spiro atoms. The van der Waals surface area contributed by atoms with Crippen molar-refractivity contribution in [3.8, 4) is 11.5 Å². The minimum atomic E-state index is -0.0950. The molecule has 0 saturated heterocycles. The summed E-state index contributed by atoms with van der Waals surface area (Å²) in [5.74, 6) is 2.91. The van der Waals surface area contributed by atoms with Gasteiger partial charge in [0.2, 0.25) is 0 Å². The van der Waals surface area contributed by atoms with E-state index in [0.717, 1.165) is 44.1 Å². The first-order chi connectivity index (χ1) is 13.6. The number of phenolic OH excluding ortho intramolecular Hbond substituents is 1. The fourth-order valence-corrected chi connectivity index (χ4v) is 6.21. The quantitative estimate of drug-likeness (QED) is 0.780. The topological polar surface area (TPSA) is 46.5 Å². The highest BCUT2D eigenvalue weighted by molar-refractivity contribution is 5.87. The smallest absolute Gasteiger partial charge is 0.161 e. The lowest BCUT2D eigenvalue weighted by molar-refractivity contribution is -0.129. The van der Waals surface area contributed by atoms with Crippen molar-refractivity contribution in [2.45, 2.75) is 58.0 Å². The molecule has 0 aliphatic heterocycles. The highest BCUT2D eigenvalue weighted by Crippen LogP contribution is 2.60. The molecule has 0 radical (unpaired) electrons. The van der Waals surface area contributed by atoms with Gasteiger partial charge in [0.15, 0.2) is 11.5 Å². The van der Waals surface area contributed by atoms with Crippen LogP contribution in [0.2, 0.25) is 0 Å². The molecule has 2 aromatic carbocycles. The lowest BCUT2D eigenvalue weighted by Crippen LogP contribution is -2.42. The third kappa shape index (κ3) is 2.75. The maximum atomic E-state index is 12.5. The summed E-state index contributed by atoms with van der Waals surface area (Å²) in [4.78, 5) is 12.5. The fraction of sp³-hybridized carbons (Fsp3) is 0.480. The molecule has 0 heterocycles. The molecule has 0 bridgehead atoms. The molecule has 0 aromatic heterocycles. The Hall–Kier alpha value is -2.29. The first-order valence-electron chi connectivity index (χ1n) is 10.6. The van der Waals surface area contributed by atoms with Crippen molar-refractivity contribution in [2.75, 3.05) is 0 Å². The van der Waals surface area contributed by atoms with E-state index in [1.807, 2.05) is 36.4 Å². The van der Waals surface area contributed by atoms with Crippen molar-refractivity contribution >= 4 is 5.78 Å². The second-order valence-electron chi connectivity index (χ2n) is 9.13. The van der Waals surface area contributed by atoms with Gasteiger partial charge in [0.05, 0.1) is 0 Å². The van der Waals surface area contributed by atoms with Crippen LogP contribution < -0.4 is 4.74 Å². The Kier molecular flexibility index (Phi) is 4.22. The van der Waals surface area contributed by atoms with Gasteiger partial charge < -0.3 is 9.84 Å². The van der Waals surface area contributed by atoms with Crippen molar-refractivity contribution in [3.63, 3.8) is 0 Å². The van der Waals surface area contributed by atoms with Gasteiger partial charge in [0.25, 0.3) is 0 Å². The lowest BCUT2D eigenvalue weighted by atomic mass is 9.55. The number of phenols is 1. The van der Waals surface area contributed by atoms with Gasteiger partial charge in [-0.3, -0.25) is 4.79 Å². The average Bonchev–Trinajstić information content (AvgIpc) is 3.02. The highest BCUT2D eigenvalue weighted by atomic mass is 16.5. The van der Waals surface area contributed by atoms with E-state index in [1.54, 1.807) is 0 Å². The molecule has 3 aliphatic rings. The number of ether oxygens (including phenoxy) is 1. The maximum Gasteiger partial charge on any atom is 0.161 e. The number of rotatable bonds is 3. The summed E-state index contributed by atoms with van der Waals surface area (Å²) in [5, 5.41) is 10.5. The van der Waals surface area contributed by atoms with Gasteiger partial charge in [-0.05, 0) is 78.7 Å². The number of benzene rings is 2. The number of carbonyl (C=O) groups is 1. The third-order valence-electron chi connectivity index (χ3n) is 7.75. The van der Waals surface area contributed by atoms with Crippen LogP contribution in [0.3, 0.4) is 0 Å². The van der Waals surface area contributed by atoms with Crippen LogP contribution in [0.5, 0.6) is 11.5 Å². The van der Waals surface area contributed by atoms with Crippen molar-refractivity contribution in [3.05, 3.63) is 59.2 Å². The van der Waals surface area contributed by atoms with Gasteiger partial charge in [-0.1, -0.05) is 37.3 Å². The average molecular weight is 376 g/mol. The molecule has 2 fully saturated rings. The van der Waals surface area contributed by atoms with Gasteiger partial charge in [-0.2, -0.15) is 0 Å². The first kappa shape index (κ1) is 17.8. The Morgan fingerprint density at radius 1 is 1.11 bits per heavy atom. The molecular weight excluding hydrogens is 348 g/mol. The van der Waals surface area contributed by atoms with E-state index in [-0.39, 0.29) is 11.2 Å². The largest absolute Gasteiger partial charge is 0.504 e. The zero-order valence-corrected chi connectivity index (χ0v) is 16.5. The second kappa shape index (κ2) is 6.65. The predicted octanol–water partition coefficient (Wildman–Crippen LogP) is 5.40. The monoisotopic (exact) mass is 376 g/mol. The fourth-order valence-electron chi connectivity index (χ4n) is 6.21. The zero-order valence-electron chi connectivity index (χ0n) is 16.5. The SMILES string of the molecule is C[C@]12CC[C@@H]3c4cc(OCc5ccccc5)c(O)cc4CC[C@H]3[C@@H]1CCC2=O. The summed E-state index contributed by atoms with van der Waals surface area (Å²) in [5.41, 5.74) is 3.61. The second-order valence-corrected chi connectivity index (χ2v) is 9.13. The van der Waals surface area contributed by atoms with Crippen LogP contribution in [0.15, 0.2) is 42.5 Å². The van der Waals surface area contributed by atoms with Crippen LogP contribution in [0.25, 0.3) is 0 Å². The molecule has 3 aliphatic carbocycles. The van der Waals surface area contributed by atoms with E-state index in [9.17, 15) is 9.90 Å². The van der Waals surface area contributed by atoms with Crippen LogP contribution in [0, 0.1) is 17.3 Å². The van der Waals surface area contributed by atoms with E-state index < -0.39 is 0 Å². The standard InChI is InChI=1S/C25H28O3/c1-25-12-11-18-19(21(25)9-10-24(25)27)8-7-17-13-22(26)23(14-20(17)18)28-15-16-5-3-2-4-6-16/h2-6,13-14,18-19,21,26H,7-12,15H2,1H3/t18-,19+,21-,25-/m0/s1. The Morgan fingerprint density at radius 3 is 2.75 bits per heavy atom. The van der Waals surface area contributed by atoms with E-state index in [2.05, 4.69) is 13.0 Å². The molecule has 1 N–H and O–H groups in total. The molecule has 2 aromatic rings. The van der Waals surface area contributed by atoms with Crippen molar-refractivity contribution in [2.24, 2.45) is 17.3 Å². The highest BCUT2D eigenvalue weighted by Gasteiger charge is 2.54. The normalized spacial score (nSPS) is 31.0. The molecule has 4 atom stereocenters. The van der Waals surface area contributed by atoms with Gasteiger partial charge >= 0.3 is 0 Å². The zero-order chi connectivity index (χ0) is 19.3. The number of carbonyl (C=O) groups excluding carboxylic acids is 1. The number of fused-ring (bicyclic) bond motifs is 5. The maximum absolute atomic E-state index is 12.5. The van der Waals surface area contributed by atoms with Gasteiger partial charge in [0, 0.05) is 11.8 Å². The lowest BCUT2D eigenvalue weighted by Gasteiger charge is -2.48. The van der Waals surface area contributed by atoms with E-state index in [4.69, 9.17) is 4.74 Å². The molecule has 2 saturated carbocycles. The van der Waals surface area contributed by atoms with Crippen LogP contribution in [0.4, 0.5) is 0 Å². The number of ketones is 1. The van der Waals surface area contributed by atoms with E-state index in [0.29, 0.717) is 35.9 Å². The summed E-state index contributed by atoms with van der Waals surface area (Å²) in [7, 11) is 0. The molecule has 0 unspecified atom stereocenters. The van der Waals surface area contributed by atoms with E-state index in [1.165, 1.54) is 11.1 Å². The molecule has 3 nitrogen and oxygen atoms in total. The minimum Gasteiger partial charge on any atom is -0.504 e. The molecule has 28 heavy (non-hydrogen) atoms. The first-order valence-corrected chi connectivity index (χ1v) is 10.6. The number of Topliss-reactive ketones (excluding diaryl/α,β-unsaturated/α-hetero) is 1.